The maximum absolute atomic E-state index is 14.1. The van der Waals surface area contributed by atoms with Gasteiger partial charge in [-0.05, 0) is 25.1 Å². The van der Waals surface area contributed by atoms with Crippen LogP contribution in [-0.4, -0.2) is 28.2 Å². The summed E-state index contributed by atoms with van der Waals surface area (Å²) in [7, 11) is 1.35. The Labute approximate surface area is 108 Å². The van der Waals surface area contributed by atoms with E-state index in [-0.39, 0.29) is 22.8 Å². The van der Waals surface area contributed by atoms with Crippen molar-refractivity contribution in [3.05, 3.63) is 41.5 Å². The number of methoxy groups -OCH3 is 1. The van der Waals surface area contributed by atoms with E-state index >= 15 is 0 Å². The third-order valence-corrected chi connectivity index (χ3v) is 2.50. The number of aromatic carboxylic acids is 1. The minimum absolute atomic E-state index is 0.0220. The Morgan fingerprint density at radius 3 is 2.74 bits per heavy atom. The van der Waals surface area contributed by atoms with Gasteiger partial charge < -0.3 is 9.84 Å². The zero-order valence-corrected chi connectivity index (χ0v) is 10.3. The molecule has 5 nitrogen and oxygen atoms in total. The lowest BCUT2D eigenvalue weighted by molar-refractivity contribution is 0.0690. The summed E-state index contributed by atoms with van der Waals surface area (Å²) in [4.78, 5) is 18.8. The van der Waals surface area contributed by atoms with Gasteiger partial charge in [-0.25, -0.2) is 19.2 Å². The predicted octanol–water partition coefficient (Wildman–Crippen LogP) is 2.30. The number of carbonyl (C=O) groups is 1. The number of carboxylic acid groups (broad SMARTS) is 1. The average Bonchev–Trinajstić information content (AvgIpc) is 2.38. The summed E-state index contributed by atoms with van der Waals surface area (Å²) in [5.41, 5.74) is 0.375. The number of aryl methyl sites for hydroxylation is 1. The molecule has 1 aromatic carbocycles. The normalized spacial score (nSPS) is 10.3. The molecule has 0 saturated heterocycles. The van der Waals surface area contributed by atoms with E-state index in [4.69, 9.17) is 9.84 Å². The van der Waals surface area contributed by atoms with Gasteiger partial charge in [0, 0.05) is 5.69 Å². The highest BCUT2D eigenvalue weighted by Crippen LogP contribution is 2.26. The number of halogens is 1. The van der Waals surface area contributed by atoms with Crippen molar-refractivity contribution in [3.8, 4) is 17.1 Å². The Morgan fingerprint density at radius 1 is 1.37 bits per heavy atom. The largest absolute Gasteiger partial charge is 0.494 e. The molecule has 0 saturated carbocycles. The van der Waals surface area contributed by atoms with Gasteiger partial charge in [-0.3, -0.25) is 0 Å². The Hall–Kier alpha value is -2.50. The Balaban J connectivity index is 2.62. The van der Waals surface area contributed by atoms with E-state index < -0.39 is 11.8 Å². The van der Waals surface area contributed by atoms with Crippen molar-refractivity contribution in [2.45, 2.75) is 6.92 Å². The van der Waals surface area contributed by atoms with Gasteiger partial charge in [-0.15, -0.1) is 0 Å². The van der Waals surface area contributed by atoms with E-state index in [2.05, 4.69) is 9.97 Å². The first-order valence-corrected chi connectivity index (χ1v) is 5.44. The Morgan fingerprint density at radius 2 is 2.11 bits per heavy atom. The predicted molar refractivity (Wildman–Crippen MR) is 65.7 cm³/mol. The van der Waals surface area contributed by atoms with Crippen LogP contribution in [0.2, 0.25) is 0 Å². The molecule has 0 amide bonds. The van der Waals surface area contributed by atoms with Gasteiger partial charge in [-0.1, -0.05) is 6.07 Å². The third-order valence-electron chi connectivity index (χ3n) is 2.50. The average molecular weight is 262 g/mol. The number of carboxylic acids is 1. The van der Waals surface area contributed by atoms with Crippen LogP contribution < -0.4 is 4.74 Å². The molecular weight excluding hydrogens is 251 g/mol. The molecule has 6 heteroatoms. The first kappa shape index (κ1) is 12.9. The zero-order valence-electron chi connectivity index (χ0n) is 10.3. The molecule has 2 aromatic rings. The topological polar surface area (TPSA) is 72.3 Å². The standard InChI is InChI=1S/C13H11FN2O3/c1-7-6-9(13(17)18)16-12(15-7)8-4-3-5-10(19-2)11(8)14/h3-6H,1-2H3,(H,17,18). The monoisotopic (exact) mass is 262 g/mol. The molecule has 0 atom stereocenters. The summed E-state index contributed by atoms with van der Waals surface area (Å²) in [6, 6.07) is 5.85. The first-order chi connectivity index (χ1) is 9.02. The molecule has 98 valence electrons. The highest BCUT2D eigenvalue weighted by atomic mass is 19.1. The molecule has 0 unspecified atom stereocenters. The number of hydrogen-bond acceptors (Lipinski definition) is 4. The fourth-order valence-corrected chi connectivity index (χ4v) is 1.64. The lowest BCUT2D eigenvalue weighted by Crippen LogP contribution is -2.05. The van der Waals surface area contributed by atoms with Crippen molar-refractivity contribution in [3.63, 3.8) is 0 Å². The minimum Gasteiger partial charge on any atom is -0.494 e. The molecule has 0 aliphatic rings. The van der Waals surface area contributed by atoms with Gasteiger partial charge in [0.15, 0.2) is 23.1 Å². The van der Waals surface area contributed by atoms with Crippen molar-refractivity contribution in [1.82, 2.24) is 9.97 Å². The molecule has 0 radical (unpaired) electrons. The number of nitrogens with zero attached hydrogens (tertiary/aromatic N) is 2. The van der Waals surface area contributed by atoms with Crippen LogP contribution in [0.5, 0.6) is 5.75 Å². The van der Waals surface area contributed by atoms with Crippen molar-refractivity contribution >= 4 is 5.97 Å². The molecule has 0 bridgehead atoms. The van der Waals surface area contributed by atoms with E-state index in [1.165, 1.54) is 25.3 Å². The lowest BCUT2D eigenvalue weighted by atomic mass is 10.1. The lowest BCUT2D eigenvalue weighted by Gasteiger charge is -2.07. The summed E-state index contributed by atoms with van der Waals surface area (Å²) in [6.07, 6.45) is 0. The number of aromatic nitrogens is 2. The second-order valence-electron chi connectivity index (χ2n) is 3.85. The van der Waals surface area contributed by atoms with E-state index in [9.17, 15) is 9.18 Å². The number of benzene rings is 1. The van der Waals surface area contributed by atoms with E-state index in [0.29, 0.717) is 5.69 Å². The smallest absolute Gasteiger partial charge is 0.354 e. The minimum atomic E-state index is -1.19. The van der Waals surface area contributed by atoms with Gasteiger partial charge in [0.05, 0.1) is 12.7 Å². The molecule has 0 fully saturated rings. The summed E-state index contributed by atoms with van der Waals surface area (Å²) >= 11 is 0. The van der Waals surface area contributed by atoms with Gasteiger partial charge >= 0.3 is 5.97 Å². The van der Waals surface area contributed by atoms with Crippen LogP contribution in [0.15, 0.2) is 24.3 Å². The Kier molecular flexibility index (Phi) is 3.41. The van der Waals surface area contributed by atoms with Crippen LogP contribution in [0.1, 0.15) is 16.2 Å². The quantitative estimate of drug-likeness (QED) is 0.918. The van der Waals surface area contributed by atoms with E-state index in [0.717, 1.165) is 0 Å². The van der Waals surface area contributed by atoms with Crippen LogP contribution in [0, 0.1) is 12.7 Å². The van der Waals surface area contributed by atoms with Crippen LogP contribution >= 0.6 is 0 Å². The molecule has 0 aliphatic carbocycles. The fraction of sp³-hybridized carbons (Fsp3) is 0.154. The fourth-order valence-electron chi connectivity index (χ4n) is 1.64. The molecule has 2 rings (SSSR count). The maximum atomic E-state index is 14.1. The molecule has 1 heterocycles. The van der Waals surface area contributed by atoms with Crippen LogP contribution in [0.25, 0.3) is 11.4 Å². The summed E-state index contributed by atoms with van der Waals surface area (Å²) in [5, 5.41) is 8.94. The number of ether oxygens (including phenoxy) is 1. The van der Waals surface area contributed by atoms with Gasteiger partial charge in [0.2, 0.25) is 0 Å². The van der Waals surface area contributed by atoms with Crippen molar-refractivity contribution < 1.29 is 19.0 Å². The summed E-state index contributed by atoms with van der Waals surface area (Å²) < 4.78 is 18.9. The number of rotatable bonds is 3. The van der Waals surface area contributed by atoms with Crippen molar-refractivity contribution in [2.75, 3.05) is 7.11 Å². The maximum Gasteiger partial charge on any atom is 0.354 e. The van der Waals surface area contributed by atoms with Gasteiger partial charge in [0.1, 0.15) is 0 Å². The molecule has 0 spiro atoms. The highest BCUT2D eigenvalue weighted by Gasteiger charge is 2.15. The molecular formula is C13H11FN2O3. The van der Waals surface area contributed by atoms with E-state index in [1.807, 2.05) is 0 Å². The zero-order chi connectivity index (χ0) is 14.0. The summed E-state index contributed by atoms with van der Waals surface area (Å²) in [6.45, 7) is 1.62. The Bertz CT molecular complexity index is 644. The first-order valence-electron chi connectivity index (χ1n) is 5.44. The van der Waals surface area contributed by atoms with Crippen LogP contribution in [0.4, 0.5) is 4.39 Å². The SMILES string of the molecule is COc1cccc(-c2nc(C)cc(C(=O)O)n2)c1F. The molecule has 1 N–H and O–H groups in total. The van der Waals surface area contributed by atoms with Crippen molar-refractivity contribution in [1.29, 1.82) is 0 Å². The summed E-state index contributed by atoms with van der Waals surface area (Å²) in [5.74, 6) is -1.73. The van der Waals surface area contributed by atoms with Crippen LogP contribution in [-0.2, 0) is 0 Å². The van der Waals surface area contributed by atoms with E-state index in [1.54, 1.807) is 13.0 Å². The highest BCUT2D eigenvalue weighted by molar-refractivity contribution is 5.86. The second kappa shape index (κ2) is 5.01. The third kappa shape index (κ3) is 2.52. The van der Waals surface area contributed by atoms with Gasteiger partial charge in [0.25, 0.3) is 0 Å². The van der Waals surface area contributed by atoms with Crippen LogP contribution in [0.3, 0.4) is 0 Å². The number of hydrogen-bond donors (Lipinski definition) is 1. The van der Waals surface area contributed by atoms with Gasteiger partial charge in [-0.2, -0.15) is 0 Å². The molecule has 0 aliphatic heterocycles. The molecule has 1 aromatic heterocycles. The molecule has 19 heavy (non-hydrogen) atoms. The second-order valence-corrected chi connectivity index (χ2v) is 3.85. The van der Waals surface area contributed by atoms with Crippen molar-refractivity contribution in [2.24, 2.45) is 0 Å².